The molecule has 0 aliphatic carbocycles. The second-order valence-corrected chi connectivity index (χ2v) is 9.29. The molecule has 2 N–H and O–H groups in total. The number of aliphatic hydroxyl groups is 1. The number of hydrogen-bond donors (Lipinski definition) is 2. The number of nitrogens with zero attached hydrogens (tertiary/aromatic N) is 1. The summed E-state index contributed by atoms with van der Waals surface area (Å²) < 4.78 is 11.8. The normalized spacial score (nSPS) is 33.6. The van der Waals surface area contributed by atoms with E-state index in [-0.39, 0.29) is 25.0 Å². The molecule has 3 rings (SSSR count). The zero-order valence-corrected chi connectivity index (χ0v) is 19.2. The van der Waals surface area contributed by atoms with Crippen molar-refractivity contribution in [3.63, 3.8) is 0 Å². The van der Waals surface area contributed by atoms with E-state index in [0.29, 0.717) is 38.8 Å². The number of likely N-dealkylation sites (tertiary alicyclic amines) is 1. The summed E-state index contributed by atoms with van der Waals surface area (Å²) in [5, 5.41) is 12.1. The van der Waals surface area contributed by atoms with Crippen LogP contribution in [0.2, 0.25) is 0 Å². The predicted molar refractivity (Wildman–Crippen MR) is 114 cm³/mol. The van der Waals surface area contributed by atoms with Crippen molar-refractivity contribution in [3.05, 3.63) is 0 Å². The number of carbonyl (C=O) groups is 3. The van der Waals surface area contributed by atoms with Crippen LogP contribution in [-0.4, -0.2) is 71.3 Å². The summed E-state index contributed by atoms with van der Waals surface area (Å²) in [4.78, 5) is 41.4. The molecule has 3 heterocycles. The topological polar surface area (TPSA) is 105 Å². The fraction of sp³-hybridized carbons (Fsp3) is 0.870. The van der Waals surface area contributed by atoms with Crippen molar-refractivity contribution in [1.82, 2.24) is 10.2 Å². The number of ether oxygens (including phenoxy) is 2. The van der Waals surface area contributed by atoms with Crippen LogP contribution in [0.25, 0.3) is 0 Å². The number of rotatable bonds is 12. The molecule has 8 nitrogen and oxygen atoms in total. The maximum atomic E-state index is 13.6. The standard InChI is InChI=1S/C23H38N2O6/c1-4-6-8-13-24-19(27)18-23-12-11-22(3,31-23)17(21(29)30-5-2)16(23)20(28)25(18)14-9-7-10-15-26/h16-18,26H,4-15H2,1-3H3,(H,24,27)/t16-,17+,18?,22-,23?/m0/s1. The highest BCUT2D eigenvalue weighted by Gasteiger charge is 2.78. The molecule has 31 heavy (non-hydrogen) atoms. The molecule has 0 aromatic heterocycles. The van der Waals surface area contributed by atoms with Crippen LogP contribution in [0.4, 0.5) is 0 Å². The fourth-order valence-electron chi connectivity index (χ4n) is 5.81. The van der Waals surface area contributed by atoms with Crippen LogP contribution in [-0.2, 0) is 23.9 Å². The molecule has 1 spiro atoms. The largest absolute Gasteiger partial charge is 0.466 e. The van der Waals surface area contributed by atoms with Gasteiger partial charge in [0.25, 0.3) is 0 Å². The van der Waals surface area contributed by atoms with Crippen molar-refractivity contribution in [2.45, 2.75) is 89.4 Å². The van der Waals surface area contributed by atoms with Gasteiger partial charge in [-0.2, -0.15) is 0 Å². The maximum Gasteiger partial charge on any atom is 0.312 e. The smallest absolute Gasteiger partial charge is 0.312 e. The summed E-state index contributed by atoms with van der Waals surface area (Å²) in [6, 6.07) is -0.734. The van der Waals surface area contributed by atoms with Crippen molar-refractivity contribution >= 4 is 17.8 Å². The summed E-state index contributed by atoms with van der Waals surface area (Å²) in [7, 11) is 0. The first-order chi connectivity index (χ1) is 14.9. The van der Waals surface area contributed by atoms with Crippen LogP contribution in [0.3, 0.4) is 0 Å². The number of nitrogens with one attached hydrogen (secondary N) is 1. The van der Waals surface area contributed by atoms with Crippen LogP contribution in [0.15, 0.2) is 0 Å². The van der Waals surface area contributed by atoms with Gasteiger partial charge in [0.05, 0.1) is 18.1 Å². The number of aliphatic hydroxyl groups excluding tert-OH is 1. The molecule has 0 aromatic carbocycles. The van der Waals surface area contributed by atoms with E-state index < -0.39 is 35.0 Å². The number of amides is 2. The third kappa shape index (κ3) is 4.21. The van der Waals surface area contributed by atoms with E-state index in [9.17, 15) is 14.4 Å². The summed E-state index contributed by atoms with van der Waals surface area (Å²) in [6.07, 6.45) is 6.29. The van der Waals surface area contributed by atoms with Crippen molar-refractivity contribution in [3.8, 4) is 0 Å². The van der Waals surface area contributed by atoms with Crippen molar-refractivity contribution in [2.24, 2.45) is 11.8 Å². The number of hydrogen-bond acceptors (Lipinski definition) is 6. The van der Waals surface area contributed by atoms with Gasteiger partial charge in [-0.3, -0.25) is 14.4 Å². The Kier molecular flexibility index (Phi) is 7.63. The quantitative estimate of drug-likeness (QED) is 0.355. The Morgan fingerprint density at radius 1 is 1.19 bits per heavy atom. The minimum atomic E-state index is -0.977. The molecular formula is C23H38N2O6. The van der Waals surface area contributed by atoms with Crippen LogP contribution in [0.1, 0.15) is 72.1 Å². The van der Waals surface area contributed by atoms with Crippen LogP contribution < -0.4 is 5.32 Å². The average Bonchev–Trinajstić information content (AvgIpc) is 3.30. The second-order valence-electron chi connectivity index (χ2n) is 9.29. The van der Waals surface area contributed by atoms with Gasteiger partial charge in [-0.25, -0.2) is 0 Å². The first kappa shape index (κ1) is 24.0. The van der Waals surface area contributed by atoms with Crippen LogP contribution in [0.5, 0.6) is 0 Å². The van der Waals surface area contributed by atoms with Crippen LogP contribution >= 0.6 is 0 Å². The van der Waals surface area contributed by atoms with E-state index in [0.717, 1.165) is 25.7 Å². The number of carbonyl (C=O) groups excluding carboxylic acids is 3. The van der Waals surface area contributed by atoms with Gasteiger partial charge in [0.15, 0.2) is 0 Å². The predicted octanol–water partition coefficient (Wildman–Crippen LogP) is 1.78. The molecule has 5 atom stereocenters. The van der Waals surface area contributed by atoms with E-state index in [2.05, 4.69) is 12.2 Å². The molecule has 0 radical (unpaired) electrons. The minimum Gasteiger partial charge on any atom is -0.466 e. The van der Waals surface area contributed by atoms with Gasteiger partial charge in [0.2, 0.25) is 11.8 Å². The van der Waals surface area contributed by atoms with Gasteiger partial charge < -0.3 is 24.8 Å². The Morgan fingerprint density at radius 3 is 2.65 bits per heavy atom. The first-order valence-electron chi connectivity index (χ1n) is 11.9. The lowest BCUT2D eigenvalue weighted by atomic mass is 9.66. The SMILES string of the molecule is CCCCCNC(=O)C1N(CCCCCO)C(=O)[C@@H]2[C@H](C(=O)OCC)[C@]3(C)CCC12O3. The molecule has 3 saturated heterocycles. The Labute approximate surface area is 185 Å². The maximum absolute atomic E-state index is 13.6. The third-order valence-electron chi connectivity index (χ3n) is 7.20. The third-order valence-corrected chi connectivity index (χ3v) is 7.20. The van der Waals surface area contributed by atoms with E-state index in [4.69, 9.17) is 14.6 Å². The Balaban J connectivity index is 1.87. The van der Waals surface area contributed by atoms with Gasteiger partial charge >= 0.3 is 5.97 Å². The number of unbranched alkanes of at least 4 members (excludes halogenated alkanes) is 4. The van der Waals surface area contributed by atoms with E-state index >= 15 is 0 Å². The Hall–Kier alpha value is -1.67. The summed E-state index contributed by atoms with van der Waals surface area (Å²) in [5.41, 5.74) is -1.76. The van der Waals surface area contributed by atoms with Crippen LogP contribution in [0, 0.1) is 11.8 Å². The lowest BCUT2D eigenvalue weighted by Gasteiger charge is -2.33. The average molecular weight is 439 g/mol. The molecule has 176 valence electrons. The second kappa shape index (κ2) is 9.86. The lowest BCUT2D eigenvalue weighted by Crippen LogP contribution is -2.55. The highest BCUT2D eigenvalue weighted by molar-refractivity contribution is 5.98. The molecule has 3 aliphatic heterocycles. The molecule has 2 bridgehead atoms. The summed E-state index contributed by atoms with van der Waals surface area (Å²) in [6.45, 7) is 7.06. The zero-order chi connectivity index (χ0) is 22.6. The highest BCUT2D eigenvalue weighted by atomic mass is 16.6. The van der Waals surface area contributed by atoms with Crippen molar-refractivity contribution in [1.29, 1.82) is 0 Å². The van der Waals surface area contributed by atoms with Gasteiger partial charge in [-0.05, 0) is 52.4 Å². The molecule has 8 heteroatoms. The fourth-order valence-corrected chi connectivity index (χ4v) is 5.81. The molecular weight excluding hydrogens is 400 g/mol. The van der Waals surface area contributed by atoms with Gasteiger partial charge in [-0.1, -0.05) is 19.8 Å². The van der Waals surface area contributed by atoms with E-state index in [1.807, 2.05) is 6.92 Å². The summed E-state index contributed by atoms with van der Waals surface area (Å²) in [5.74, 6) is -2.16. The van der Waals surface area contributed by atoms with Crippen molar-refractivity contribution in [2.75, 3.05) is 26.3 Å². The van der Waals surface area contributed by atoms with E-state index in [1.54, 1.807) is 11.8 Å². The number of esters is 1. The lowest BCUT2D eigenvalue weighted by molar-refractivity contribution is -0.159. The van der Waals surface area contributed by atoms with Gasteiger partial charge in [-0.15, -0.1) is 0 Å². The van der Waals surface area contributed by atoms with Crippen molar-refractivity contribution < 1.29 is 29.0 Å². The molecule has 0 aromatic rings. The molecule has 2 amide bonds. The minimum absolute atomic E-state index is 0.105. The Bertz CT molecular complexity index is 685. The Morgan fingerprint density at radius 2 is 1.97 bits per heavy atom. The molecule has 3 aliphatic rings. The van der Waals surface area contributed by atoms with Gasteiger partial charge in [0, 0.05) is 19.7 Å². The van der Waals surface area contributed by atoms with Gasteiger partial charge in [0.1, 0.15) is 17.6 Å². The van der Waals surface area contributed by atoms with E-state index in [1.165, 1.54) is 0 Å². The number of fused-ring (bicyclic) bond motifs is 1. The highest BCUT2D eigenvalue weighted by Crippen LogP contribution is 2.63. The molecule has 3 fully saturated rings. The monoisotopic (exact) mass is 438 g/mol. The molecule has 0 saturated carbocycles. The first-order valence-corrected chi connectivity index (χ1v) is 11.9. The summed E-state index contributed by atoms with van der Waals surface area (Å²) >= 11 is 0. The molecule has 2 unspecified atom stereocenters. The zero-order valence-electron chi connectivity index (χ0n) is 19.2.